The Bertz CT molecular complexity index is 1000. The summed E-state index contributed by atoms with van der Waals surface area (Å²) in [5.74, 6) is -0.977. The van der Waals surface area contributed by atoms with Crippen LogP contribution in [-0.2, 0) is 14.3 Å². The minimum atomic E-state index is -0.720. The molecule has 0 saturated heterocycles. The molecule has 0 radical (unpaired) electrons. The zero-order chi connectivity index (χ0) is 19.6. The van der Waals surface area contributed by atoms with E-state index in [0.29, 0.717) is 17.0 Å². The fourth-order valence-electron chi connectivity index (χ4n) is 3.04. The molecule has 2 aromatic rings. The fourth-order valence-corrected chi connectivity index (χ4v) is 3.32. The molecule has 0 aliphatic carbocycles. The number of nitrogens with zero attached hydrogens (tertiary/aromatic N) is 3. The lowest BCUT2D eigenvalue weighted by molar-refractivity contribution is -0.139. The van der Waals surface area contributed by atoms with E-state index in [1.807, 2.05) is 24.3 Å². The minimum absolute atomic E-state index is 0.0236. The molecule has 0 saturated carbocycles. The summed E-state index contributed by atoms with van der Waals surface area (Å²) in [4.78, 5) is 12.6. The van der Waals surface area contributed by atoms with Crippen LogP contribution in [0.3, 0.4) is 0 Å². The molecule has 1 unspecified atom stereocenters. The number of aromatic nitrogens is 2. The number of allylic oxidation sites excluding steroid dienone is 2. The molecule has 138 valence electrons. The third-order valence-electron chi connectivity index (χ3n) is 4.15. The molecular formula is C19H17BrN4O3. The molecule has 8 heteroatoms. The molecule has 1 aromatic carbocycles. The minimum Gasteiger partial charge on any atom is -0.463 e. The largest absolute Gasteiger partial charge is 0.463 e. The van der Waals surface area contributed by atoms with Gasteiger partial charge in [-0.15, -0.1) is 0 Å². The van der Waals surface area contributed by atoms with Crippen molar-refractivity contribution in [1.29, 1.82) is 5.26 Å². The maximum atomic E-state index is 12.6. The molecule has 2 N–H and O–H groups in total. The molecule has 0 bridgehead atoms. The Balaban J connectivity index is 2.24. The number of carbonyl (C=O) groups excluding carboxylic acids is 1. The summed E-state index contributed by atoms with van der Waals surface area (Å²) in [5, 5.41) is 14.0. The van der Waals surface area contributed by atoms with Crippen LogP contribution < -0.4 is 5.73 Å². The van der Waals surface area contributed by atoms with Crippen molar-refractivity contribution in [3.63, 3.8) is 0 Å². The van der Waals surface area contributed by atoms with Gasteiger partial charge < -0.3 is 15.2 Å². The van der Waals surface area contributed by atoms with Crippen molar-refractivity contribution in [2.45, 2.75) is 19.8 Å². The normalized spacial score (nSPS) is 16.7. The Morgan fingerprint density at radius 1 is 1.48 bits per heavy atom. The first-order chi connectivity index (χ1) is 13.0. The van der Waals surface area contributed by atoms with Crippen LogP contribution in [0.15, 0.2) is 63.9 Å². The third kappa shape index (κ3) is 3.46. The Morgan fingerprint density at radius 3 is 2.85 bits per heavy atom. The summed E-state index contributed by atoms with van der Waals surface area (Å²) in [5.41, 5.74) is 7.77. The molecular weight excluding hydrogens is 412 g/mol. The Kier molecular flexibility index (Phi) is 5.33. The van der Waals surface area contributed by atoms with E-state index in [1.54, 1.807) is 30.9 Å². The van der Waals surface area contributed by atoms with Crippen LogP contribution in [0.4, 0.5) is 0 Å². The Labute approximate surface area is 164 Å². The number of carbonyl (C=O) groups is 1. The van der Waals surface area contributed by atoms with Gasteiger partial charge in [-0.1, -0.05) is 18.2 Å². The first-order valence-electron chi connectivity index (χ1n) is 8.22. The third-order valence-corrected chi connectivity index (χ3v) is 4.56. The van der Waals surface area contributed by atoms with E-state index in [4.69, 9.17) is 15.2 Å². The second-order valence-electron chi connectivity index (χ2n) is 5.78. The number of hydrogen-bond acceptors (Lipinski definition) is 6. The van der Waals surface area contributed by atoms with Gasteiger partial charge in [0.05, 0.1) is 34.5 Å². The molecule has 1 aromatic heterocycles. The van der Waals surface area contributed by atoms with Gasteiger partial charge in [0.2, 0.25) is 5.88 Å². The van der Waals surface area contributed by atoms with E-state index >= 15 is 0 Å². The number of ether oxygens (including phenoxy) is 2. The van der Waals surface area contributed by atoms with Crippen LogP contribution in [-0.4, -0.2) is 22.4 Å². The average molecular weight is 429 g/mol. The highest BCUT2D eigenvalue weighted by atomic mass is 79.9. The molecule has 7 nitrogen and oxygen atoms in total. The number of halogens is 1. The van der Waals surface area contributed by atoms with Crippen LogP contribution in [0.25, 0.3) is 5.69 Å². The summed E-state index contributed by atoms with van der Waals surface area (Å²) in [7, 11) is 0. The van der Waals surface area contributed by atoms with Gasteiger partial charge in [0, 0.05) is 6.20 Å². The topological polar surface area (TPSA) is 103 Å². The van der Waals surface area contributed by atoms with Crippen LogP contribution >= 0.6 is 15.9 Å². The van der Waals surface area contributed by atoms with E-state index in [9.17, 15) is 10.1 Å². The van der Waals surface area contributed by atoms with Gasteiger partial charge >= 0.3 is 5.97 Å². The predicted molar refractivity (Wildman–Crippen MR) is 101 cm³/mol. The molecule has 27 heavy (non-hydrogen) atoms. The Hall–Kier alpha value is -3.05. The SMILES string of the molecule is CCOC(=O)C1=C(C)OC(N)=C(C#N)C1c1ccccc1-n1cc(Br)cn1. The number of esters is 1. The van der Waals surface area contributed by atoms with Crippen molar-refractivity contribution >= 4 is 21.9 Å². The maximum Gasteiger partial charge on any atom is 0.338 e. The summed E-state index contributed by atoms with van der Waals surface area (Å²) < 4.78 is 13.1. The molecule has 1 aliphatic rings. The summed E-state index contributed by atoms with van der Waals surface area (Å²) >= 11 is 3.38. The number of para-hydroxylation sites is 1. The van der Waals surface area contributed by atoms with Crippen molar-refractivity contribution in [2.75, 3.05) is 6.61 Å². The van der Waals surface area contributed by atoms with Crippen molar-refractivity contribution < 1.29 is 14.3 Å². The van der Waals surface area contributed by atoms with Crippen molar-refractivity contribution in [3.05, 3.63) is 69.5 Å². The summed E-state index contributed by atoms with van der Waals surface area (Å²) in [6, 6.07) is 9.45. The van der Waals surface area contributed by atoms with Gasteiger partial charge in [-0.3, -0.25) is 0 Å². The van der Waals surface area contributed by atoms with Gasteiger partial charge in [-0.25, -0.2) is 9.48 Å². The number of nitriles is 1. The second kappa shape index (κ2) is 7.68. The van der Waals surface area contributed by atoms with Gasteiger partial charge in [0.25, 0.3) is 0 Å². The lowest BCUT2D eigenvalue weighted by Crippen LogP contribution is -2.26. The van der Waals surface area contributed by atoms with E-state index in [-0.39, 0.29) is 23.6 Å². The van der Waals surface area contributed by atoms with E-state index in [0.717, 1.165) is 4.47 Å². The Morgan fingerprint density at radius 2 is 2.22 bits per heavy atom. The van der Waals surface area contributed by atoms with Crippen LogP contribution in [0.1, 0.15) is 25.3 Å². The molecule has 0 amide bonds. The van der Waals surface area contributed by atoms with Gasteiger partial charge in [-0.2, -0.15) is 10.4 Å². The zero-order valence-electron chi connectivity index (χ0n) is 14.8. The lowest BCUT2D eigenvalue weighted by atomic mass is 9.82. The molecule has 1 aliphatic heterocycles. The number of benzene rings is 1. The maximum absolute atomic E-state index is 12.6. The lowest BCUT2D eigenvalue weighted by Gasteiger charge is -2.28. The molecule has 2 heterocycles. The van der Waals surface area contributed by atoms with Gasteiger partial charge in [0.15, 0.2) is 0 Å². The first kappa shape index (κ1) is 18.7. The van der Waals surface area contributed by atoms with Crippen molar-refractivity contribution in [2.24, 2.45) is 5.73 Å². The smallest absolute Gasteiger partial charge is 0.338 e. The van der Waals surface area contributed by atoms with Crippen LogP contribution in [0.5, 0.6) is 0 Å². The highest BCUT2D eigenvalue weighted by Crippen LogP contribution is 2.41. The molecule has 0 fully saturated rings. The summed E-state index contributed by atoms with van der Waals surface area (Å²) in [6.45, 7) is 3.56. The van der Waals surface area contributed by atoms with Crippen LogP contribution in [0.2, 0.25) is 0 Å². The average Bonchev–Trinajstić information content (AvgIpc) is 3.07. The monoisotopic (exact) mass is 428 g/mol. The number of hydrogen-bond donors (Lipinski definition) is 1. The van der Waals surface area contributed by atoms with Gasteiger partial charge in [0.1, 0.15) is 17.4 Å². The number of rotatable bonds is 4. The predicted octanol–water partition coefficient (Wildman–Crippen LogP) is 3.28. The highest BCUT2D eigenvalue weighted by molar-refractivity contribution is 9.10. The summed E-state index contributed by atoms with van der Waals surface area (Å²) in [6.07, 6.45) is 3.45. The quantitative estimate of drug-likeness (QED) is 0.749. The van der Waals surface area contributed by atoms with Crippen molar-refractivity contribution in [3.8, 4) is 11.8 Å². The van der Waals surface area contributed by atoms with E-state index < -0.39 is 11.9 Å². The van der Waals surface area contributed by atoms with Gasteiger partial charge in [-0.05, 0) is 41.4 Å². The van der Waals surface area contributed by atoms with Crippen LogP contribution in [0, 0.1) is 11.3 Å². The van der Waals surface area contributed by atoms with E-state index in [2.05, 4.69) is 27.1 Å². The fraction of sp³-hybridized carbons (Fsp3) is 0.211. The standard InChI is InChI=1S/C19H17BrN4O3/c1-3-26-19(25)16-11(2)27-18(22)14(8-21)17(16)13-6-4-5-7-15(13)24-10-12(20)9-23-24/h4-7,9-10,17H,3,22H2,1-2H3. The number of nitrogens with two attached hydrogens (primary N) is 1. The van der Waals surface area contributed by atoms with Crippen molar-refractivity contribution in [1.82, 2.24) is 9.78 Å². The molecule has 3 rings (SSSR count). The zero-order valence-corrected chi connectivity index (χ0v) is 16.4. The second-order valence-corrected chi connectivity index (χ2v) is 6.69. The molecule has 0 spiro atoms. The highest BCUT2D eigenvalue weighted by Gasteiger charge is 2.37. The first-order valence-corrected chi connectivity index (χ1v) is 9.02. The van der Waals surface area contributed by atoms with E-state index in [1.165, 1.54) is 0 Å². The molecule has 1 atom stereocenters.